The van der Waals surface area contributed by atoms with E-state index in [1.807, 2.05) is 13.8 Å². The monoisotopic (exact) mass is 234 g/mol. The second-order valence-corrected chi connectivity index (χ2v) is 6.04. The summed E-state index contributed by atoms with van der Waals surface area (Å²) >= 11 is 0. The zero-order valence-corrected chi connectivity index (χ0v) is 11.4. The highest BCUT2D eigenvalue weighted by Gasteiger charge is 2.14. The molecule has 0 aromatic heterocycles. The molecule has 0 spiro atoms. The van der Waals surface area contributed by atoms with Gasteiger partial charge in [0.05, 0.1) is 12.7 Å². The van der Waals surface area contributed by atoms with Crippen molar-refractivity contribution < 1.29 is 8.95 Å². The Morgan fingerprint density at radius 1 is 1.13 bits per heavy atom. The molecule has 1 unspecified atom stereocenters. The molecule has 3 heteroatoms. The standard InChI is InChI=1S/C12H26O2S/c1-5-7-12(8-6-2)15(13)10-9-14-11(3)4/h11-12H,5-10H2,1-4H3. The van der Waals surface area contributed by atoms with Gasteiger partial charge in [0, 0.05) is 21.8 Å². The van der Waals surface area contributed by atoms with Gasteiger partial charge in [0.15, 0.2) is 0 Å². The summed E-state index contributed by atoms with van der Waals surface area (Å²) in [4.78, 5) is 0. The van der Waals surface area contributed by atoms with Crippen LogP contribution in [0.3, 0.4) is 0 Å². The third-order valence-electron chi connectivity index (χ3n) is 2.33. The Bertz CT molecular complexity index is 163. The normalized spacial score (nSPS) is 13.7. The molecule has 0 bridgehead atoms. The van der Waals surface area contributed by atoms with Gasteiger partial charge in [-0.05, 0) is 26.7 Å². The van der Waals surface area contributed by atoms with Crippen molar-refractivity contribution in [2.75, 3.05) is 12.4 Å². The summed E-state index contributed by atoms with van der Waals surface area (Å²) in [6, 6.07) is 0. The third kappa shape index (κ3) is 7.97. The van der Waals surface area contributed by atoms with Crippen molar-refractivity contribution >= 4 is 10.8 Å². The Morgan fingerprint density at radius 2 is 1.67 bits per heavy atom. The molecular weight excluding hydrogens is 208 g/mol. The minimum Gasteiger partial charge on any atom is -0.378 e. The first kappa shape index (κ1) is 15.1. The molecular formula is C12H26O2S. The molecule has 0 N–H and O–H groups in total. The molecule has 0 radical (unpaired) electrons. The summed E-state index contributed by atoms with van der Waals surface area (Å²) in [6.45, 7) is 8.97. The molecule has 0 saturated heterocycles. The van der Waals surface area contributed by atoms with Crippen molar-refractivity contribution in [3.05, 3.63) is 0 Å². The van der Waals surface area contributed by atoms with Gasteiger partial charge < -0.3 is 4.74 Å². The van der Waals surface area contributed by atoms with Gasteiger partial charge in [-0.3, -0.25) is 4.21 Å². The van der Waals surface area contributed by atoms with Crippen LogP contribution in [0.4, 0.5) is 0 Å². The van der Waals surface area contributed by atoms with E-state index in [-0.39, 0.29) is 6.10 Å². The van der Waals surface area contributed by atoms with Gasteiger partial charge in [-0.1, -0.05) is 26.7 Å². The van der Waals surface area contributed by atoms with E-state index < -0.39 is 10.8 Å². The number of rotatable bonds is 9. The highest BCUT2D eigenvalue weighted by molar-refractivity contribution is 7.85. The largest absolute Gasteiger partial charge is 0.378 e. The number of ether oxygens (including phenoxy) is 1. The fourth-order valence-electron chi connectivity index (χ4n) is 1.58. The van der Waals surface area contributed by atoms with Gasteiger partial charge in [0.25, 0.3) is 0 Å². The molecule has 0 saturated carbocycles. The van der Waals surface area contributed by atoms with Crippen LogP contribution < -0.4 is 0 Å². The number of hydrogen-bond acceptors (Lipinski definition) is 2. The summed E-state index contributed by atoms with van der Waals surface area (Å²) in [6.07, 6.45) is 4.67. The van der Waals surface area contributed by atoms with Crippen molar-refractivity contribution in [2.45, 2.75) is 64.7 Å². The molecule has 0 aromatic carbocycles. The lowest BCUT2D eigenvalue weighted by Crippen LogP contribution is -2.21. The predicted molar refractivity (Wildman–Crippen MR) is 67.7 cm³/mol. The van der Waals surface area contributed by atoms with Crippen LogP contribution in [-0.4, -0.2) is 27.9 Å². The van der Waals surface area contributed by atoms with Gasteiger partial charge >= 0.3 is 0 Å². The van der Waals surface area contributed by atoms with Crippen molar-refractivity contribution in [1.29, 1.82) is 0 Å². The van der Waals surface area contributed by atoms with Crippen LogP contribution in [-0.2, 0) is 15.5 Å². The molecule has 0 amide bonds. The molecule has 0 aliphatic heterocycles. The molecule has 0 aromatic rings. The van der Waals surface area contributed by atoms with Crippen LogP contribution in [0.2, 0.25) is 0 Å². The average Bonchev–Trinajstić information content (AvgIpc) is 2.16. The van der Waals surface area contributed by atoms with Gasteiger partial charge in [-0.2, -0.15) is 0 Å². The van der Waals surface area contributed by atoms with Crippen LogP contribution in [0.15, 0.2) is 0 Å². The highest BCUT2D eigenvalue weighted by Crippen LogP contribution is 2.12. The van der Waals surface area contributed by atoms with Crippen molar-refractivity contribution in [3.63, 3.8) is 0 Å². The van der Waals surface area contributed by atoms with E-state index in [9.17, 15) is 4.21 Å². The molecule has 1 atom stereocenters. The first-order valence-electron chi connectivity index (χ1n) is 6.10. The van der Waals surface area contributed by atoms with Gasteiger partial charge in [-0.25, -0.2) is 0 Å². The smallest absolute Gasteiger partial charge is 0.0585 e. The molecule has 0 fully saturated rings. The van der Waals surface area contributed by atoms with E-state index >= 15 is 0 Å². The molecule has 2 nitrogen and oxygen atoms in total. The second-order valence-electron chi connectivity index (χ2n) is 4.20. The quantitative estimate of drug-likeness (QED) is 0.612. The zero-order chi connectivity index (χ0) is 11.7. The van der Waals surface area contributed by atoms with E-state index in [2.05, 4.69) is 13.8 Å². The summed E-state index contributed by atoms with van der Waals surface area (Å²) in [5.74, 6) is 0.697. The minimum atomic E-state index is -0.699. The summed E-state index contributed by atoms with van der Waals surface area (Å²) in [5.41, 5.74) is 0. The van der Waals surface area contributed by atoms with Crippen LogP contribution >= 0.6 is 0 Å². The van der Waals surface area contributed by atoms with Gasteiger partial charge in [-0.15, -0.1) is 0 Å². The van der Waals surface area contributed by atoms with Crippen LogP contribution in [0, 0.1) is 0 Å². The molecule has 0 rings (SSSR count). The maximum atomic E-state index is 11.9. The summed E-state index contributed by atoms with van der Waals surface area (Å²) in [5, 5.41) is 0.385. The van der Waals surface area contributed by atoms with Gasteiger partial charge in [0.1, 0.15) is 0 Å². The first-order valence-corrected chi connectivity index (χ1v) is 7.48. The van der Waals surface area contributed by atoms with Crippen molar-refractivity contribution in [1.82, 2.24) is 0 Å². The lowest BCUT2D eigenvalue weighted by molar-refractivity contribution is 0.0915. The SMILES string of the molecule is CCCC(CCC)S(=O)CCOC(C)C. The van der Waals surface area contributed by atoms with Crippen LogP contribution in [0.1, 0.15) is 53.4 Å². The topological polar surface area (TPSA) is 26.3 Å². The lowest BCUT2D eigenvalue weighted by Gasteiger charge is -2.15. The van der Waals surface area contributed by atoms with Crippen LogP contribution in [0.25, 0.3) is 0 Å². The van der Waals surface area contributed by atoms with E-state index in [4.69, 9.17) is 4.74 Å². The average molecular weight is 234 g/mol. The molecule has 0 aliphatic rings. The summed E-state index contributed by atoms with van der Waals surface area (Å²) in [7, 11) is -0.699. The van der Waals surface area contributed by atoms with E-state index in [0.717, 1.165) is 25.7 Å². The zero-order valence-electron chi connectivity index (χ0n) is 10.6. The van der Waals surface area contributed by atoms with E-state index in [0.29, 0.717) is 17.6 Å². The number of hydrogen-bond donors (Lipinski definition) is 0. The maximum absolute atomic E-state index is 11.9. The van der Waals surface area contributed by atoms with Crippen molar-refractivity contribution in [3.8, 4) is 0 Å². The first-order chi connectivity index (χ1) is 7.11. The highest BCUT2D eigenvalue weighted by atomic mass is 32.2. The van der Waals surface area contributed by atoms with Gasteiger partial charge in [0.2, 0.25) is 0 Å². The lowest BCUT2D eigenvalue weighted by atomic mass is 10.2. The Labute approximate surface area is 97.2 Å². The molecule has 0 heterocycles. The molecule has 0 aliphatic carbocycles. The third-order valence-corrected chi connectivity index (χ3v) is 4.11. The van der Waals surface area contributed by atoms with E-state index in [1.165, 1.54) is 0 Å². The minimum absolute atomic E-state index is 0.248. The Kier molecular flexibility index (Phi) is 9.41. The second kappa shape index (κ2) is 9.34. The predicted octanol–water partition coefficient (Wildman–Crippen LogP) is 3.13. The summed E-state index contributed by atoms with van der Waals surface area (Å²) < 4.78 is 17.4. The van der Waals surface area contributed by atoms with Crippen molar-refractivity contribution in [2.24, 2.45) is 0 Å². The Morgan fingerprint density at radius 3 is 2.07 bits per heavy atom. The fraction of sp³-hybridized carbons (Fsp3) is 1.00. The van der Waals surface area contributed by atoms with E-state index in [1.54, 1.807) is 0 Å². The fourth-order valence-corrected chi connectivity index (χ4v) is 3.17. The molecule has 15 heavy (non-hydrogen) atoms. The maximum Gasteiger partial charge on any atom is 0.0585 e. The molecule has 92 valence electrons. The van der Waals surface area contributed by atoms with Crippen LogP contribution in [0.5, 0.6) is 0 Å². The Hall–Kier alpha value is 0.110. The Balaban J connectivity index is 3.80.